The van der Waals surface area contributed by atoms with E-state index in [1.165, 1.54) is 76.3 Å². The molecule has 0 radical (unpaired) electrons. The van der Waals surface area contributed by atoms with Gasteiger partial charge in [-0.1, -0.05) is 55.3 Å². The lowest BCUT2D eigenvalue weighted by Gasteiger charge is -2.41. The second-order valence-electron chi connectivity index (χ2n) is 15.4. The summed E-state index contributed by atoms with van der Waals surface area (Å²) < 4.78 is 0. The minimum absolute atomic E-state index is 0.00533. The fourth-order valence-corrected chi connectivity index (χ4v) is 12.7. The van der Waals surface area contributed by atoms with Crippen molar-refractivity contribution in [3.05, 3.63) is 54.6 Å². The zero-order valence-electron chi connectivity index (χ0n) is 24.3. The molecule has 214 valence electrons. The molecule has 1 aromatic rings. The summed E-state index contributed by atoms with van der Waals surface area (Å²) in [6.45, 7) is 5.78. The summed E-state index contributed by atoms with van der Waals surface area (Å²) in [5.41, 5.74) is 9.75. The van der Waals surface area contributed by atoms with Crippen molar-refractivity contribution in [2.45, 2.75) is 76.7 Å². The van der Waals surface area contributed by atoms with Crippen LogP contribution in [0.15, 0.2) is 54.6 Å². The predicted molar refractivity (Wildman–Crippen MR) is 162 cm³/mol. The van der Waals surface area contributed by atoms with Crippen LogP contribution < -0.4 is 11.1 Å². The predicted octanol–water partition coefficient (Wildman–Crippen LogP) is 7.50. The molecule has 3 N–H and O–H groups in total. The summed E-state index contributed by atoms with van der Waals surface area (Å²) in [6.07, 6.45) is 21.2. The van der Waals surface area contributed by atoms with Crippen molar-refractivity contribution < 1.29 is 4.79 Å². The number of rotatable bonds is 6. The highest BCUT2D eigenvalue weighted by atomic mass is 16.1. The maximum Gasteiger partial charge on any atom is 0.137 e. The molecule has 14 atom stereocenters. The lowest BCUT2D eigenvalue weighted by atomic mass is 9.64. The Labute approximate surface area is 241 Å². The number of hydrogen-bond acceptors (Lipinski definition) is 3. The molecular weight excluding hydrogens is 488 g/mol. The van der Waals surface area contributed by atoms with Gasteiger partial charge in [-0.25, -0.2) is 0 Å². The van der Waals surface area contributed by atoms with Crippen LogP contribution in [0.1, 0.15) is 70.6 Å². The number of nitrogens with one attached hydrogen (secondary N) is 1. The molecule has 0 bridgehead atoms. The lowest BCUT2D eigenvalue weighted by Crippen LogP contribution is -2.44. The Hall–Kier alpha value is -1.87. The van der Waals surface area contributed by atoms with Gasteiger partial charge in [-0.05, 0) is 141 Å². The van der Waals surface area contributed by atoms with Crippen molar-refractivity contribution >= 4 is 12.0 Å². The molecule has 0 heterocycles. The van der Waals surface area contributed by atoms with Crippen molar-refractivity contribution in [2.24, 2.45) is 82.2 Å². The van der Waals surface area contributed by atoms with Gasteiger partial charge in [-0.3, -0.25) is 0 Å². The van der Waals surface area contributed by atoms with E-state index < -0.39 is 0 Å². The Morgan fingerprint density at radius 2 is 1.82 bits per heavy atom. The number of hydrogen-bond donors (Lipinski definition) is 2. The number of benzene rings is 1. The average molecular weight is 539 g/mol. The number of fused-ring (bicyclic) bond motifs is 8. The van der Waals surface area contributed by atoms with Gasteiger partial charge < -0.3 is 15.8 Å². The van der Waals surface area contributed by atoms with Crippen molar-refractivity contribution in [2.75, 3.05) is 11.9 Å². The number of nitrogens with two attached hydrogens (primary N) is 1. The van der Waals surface area contributed by atoms with Gasteiger partial charge >= 0.3 is 0 Å². The minimum atomic E-state index is -0.320. The Bertz CT molecular complexity index is 1160. The van der Waals surface area contributed by atoms with Crippen LogP contribution in [-0.4, -0.2) is 18.9 Å². The number of anilines is 1. The minimum Gasteiger partial charge on any atom is -0.385 e. The summed E-state index contributed by atoms with van der Waals surface area (Å²) in [5, 5.41) is 3.70. The monoisotopic (exact) mass is 538 g/mol. The fraction of sp³-hybridized carbons (Fsp3) is 0.703. The largest absolute Gasteiger partial charge is 0.385 e. The standard InChI is InChI=1S/C37H50N2O/c1-22-10-15-33-36(35-30-14-12-24-6-5-9-29(24)32(30)19-31(22)35)37(33,34(38)21-40)27-13-11-25-16-23(17-26(25)18-27)20-39-28-7-3-2-4-8-28/h2-4,7-8,11,13,21,23-27,29-36,39H,1,5-6,9-10,12,14-20,38H2. The third kappa shape index (κ3) is 3.81. The van der Waals surface area contributed by atoms with E-state index in [1.807, 2.05) is 0 Å². The molecule has 14 unspecified atom stereocenters. The zero-order valence-corrected chi connectivity index (χ0v) is 24.3. The molecule has 0 aromatic heterocycles. The molecule has 0 spiro atoms. The van der Waals surface area contributed by atoms with Gasteiger partial charge in [-0.2, -0.15) is 0 Å². The highest BCUT2D eigenvalue weighted by molar-refractivity contribution is 5.61. The van der Waals surface area contributed by atoms with Gasteiger partial charge in [-0.15, -0.1) is 0 Å². The average Bonchev–Trinajstić information content (AvgIpc) is 3.35. The fourth-order valence-electron chi connectivity index (χ4n) is 12.7. The van der Waals surface area contributed by atoms with Gasteiger partial charge in [0.25, 0.3) is 0 Å². The Morgan fingerprint density at radius 1 is 0.950 bits per heavy atom. The van der Waals surface area contributed by atoms with Crippen LogP contribution in [0.5, 0.6) is 0 Å². The molecule has 7 aliphatic rings. The van der Waals surface area contributed by atoms with Crippen LogP contribution in [0.4, 0.5) is 5.69 Å². The Balaban J connectivity index is 1.04. The molecule has 0 saturated heterocycles. The third-order valence-electron chi connectivity index (χ3n) is 14.2. The van der Waals surface area contributed by atoms with E-state index in [0.717, 1.165) is 54.3 Å². The summed E-state index contributed by atoms with van der Waals surface area (Å²) in [6, 6.07) is 10.3. The van der Waals surface area contributed by atoms with Crippen LogP contribution in [0.2, 0.25) is 0 Å². The van der Waals surface area contributed by atoms with Crippen LogP contribution in [0.3, 0.4) is 0 Å². The second-order valence-corrected chi connectivity index (χ2v) is 15.4. The first-order chi connectivity index (χ1) is 19.6. The zero-order chi connectivity index (χ0) is 27.0. The van der Waals surface area contributed by atoms with Gasteiger partial charge in [0.15, 0.2) is 0 Å². The van der Waals surface area contributed by atoms with E-state index in [-0.39, 0.29) is 11.5 Å². The van der Waals surface area contributed by atoms with Crippen molar-refractivity contribution in [1.29, 1.82) is 0 Å². The first-order valence-electron chi connectivity index (χ1n) is 16.9. The quantitative estimate of drug-likeness (QED) is 0.291. The lowest BCUT2D eigenvalue weighted by molar-refractivity contribution is -0.111. The highest BCUT2D eigenvalue weighted by Crippen LogP contribution is 2.78. The van der Waals surface area contributed by atoms with E-state index in [4.69, 9.17) is 12.3 Å². The van der Waals surface area contributed by atoms with Gasteiger partial charge in [0.1, 0.15) is 6.29 Å². The first kappa shape index (κ1) is 25.8. The smallest absolute Gasteiger partial charge is 0.137 e. The highest BCUT2D eigenvalue weighted by Gasteiger charge is 2.75. The molecule has 1 aromatic carbocycles. The van der Waals surface area contributed by atoms with E-state index in [9.17, 15) is 4.79 Å². The molecule has 3 heteroatoms. The van der Waals surface area contributed by atoms with Gasteiger partial charge in [0, 0.05) is 17.6 Å². The molecule has 40 heavy (non-hydrogen) atoms. The first-order valence-corrected chi connectivity index (χ1v) is 16.9. The molecule has 8 rings (SSSR count). The van der Waals surface area contributed by atoms with Crippen LogP contribution in [0, 0.1) is 76.4 Å². The van der Waals surface area contributed by atoms with E-state index in [1.54, 1.807) is 5.57 Å². The molecule has 0 aliphatic heterocycles. The normalized spacial score (nSPS) is 49.2. The maximum absolute atomic E-state index is 12.6. The Kier molecular flexibility index (Phi) is 6.36. The molecule has 3 nitrogen and oxygen atoms in total. The number of aldehydes is 1. The molecule has 6 fully saturated rings. The van der Waals surface area contributed by atoms with Gasteiger partial charge in [0.2, 0.25) is 0 Å². The molecule has 6 saturated carbocycles. The summed E-state index contributed by atoms with van der Waals surface area (Å²) in [4.78, 5) is 12.6. The molecule has 0 amide bonds. The summed E-state index contributed by atoms with van der Waals surface area (Å²) >= 11 is 0. The molecular formula is C37H50N2O. The SMILES string of the molecule is C=C1CCC2C(C3C1CC1C4CCCC4CCC13)C2(C(N)C=O)C1C=CC2CC(CNc3ccccc3)CC2C1. The van der Waals surface area contributed by atoms with Crippen LogP contribution >= 0.6 is 0 Å². The Morgan fingerprint density at radius 3 is 2.67 bits per heavy atom. The van der Waals surface area contributed by atoms with Crippen LogP contribution in [0.25, 0.3) is 0 Å². The number of carbonyl (C=O) groups is 1. The van der Waals surface area contributed by atoms with Crippen molar-refractivity contribution in [3.63, 3.8) is 0 Å². The number of carbonyl (C=O) groups excluding carboxylic acids is 1. The van der Waals surface area contributed by atoms with E-state index >= 15 is 0 Å². The van der Waals surface area contributed by atoms with Crippen molar-refractivity contribution in [3.8, 4) is 0 Å². The van der Waals surface area contributed by atoms with E-state index in [2.05, 4.69) is 47.8 Å². The number of para-hydroxylation sites is 1. The summed E-state index contributed by atoms with van der Waals surface area (Å²) in [5.74, 6) is 9.05. The third-order valence-corrected chi connectivity index (χ3v) is 14.2. The summed E-state index contributed by atoms with van der Waals surface area (Å²) in [7, 11) is 0. The van der Waals surface area contributed by atoms with Crippen molar-refractivity contribution in [1.82, 2.24) is 0 Å². The van der Waals surface area contributed by atoms with Crippen LogP contribution in [-0.2, 0) is 4.79 Å². The van der Waals surface area contributed by atoms with Gasteiger partial charge in [0.05, 0.1) is 6.04 Å². The number of allylic oxidation sites excluding steroid dienone is 3. The topological polar surface area (TPSA) is 55.1 Å². The maximum atomic E-state index is 12.6. The second kappa shape index (κ2) is 9.85. The molecule has 7 aliphatic carbocycles. The van der Waals surface area contributed by atoms with E-state index in [0.29, 0.717) is 29.6 Å².